The lowest BCUT2D eigenvalue weighted by Gasteiger charge is -2.20. The average molecular weight is 611 g/mol. The Morgan fingerprint density at radius 2 is 1.39 bits per heavy atom. The van der Waals surface area contributed by atoms with Crippen LogP contribution in [0.2, 0.25) is 0 Å². The van der Waals surface area contributed by atoms with Crippen LogP contribution in [0, 0.1) is 34.0 Å². The highest BCUT2D eigenvalue weighted by Crippen LogP contribution is 2.46. The van der Waals surface area contributed by atoms with Crippen molar-refractivity contribution in [2.75, 3.05) is 31.2 Å². The molecule has 0 spiro atoms. The van der Waals surface area contributed by atoms with Gasteiger partial charge in [0.25, 0.3) is 0 Å². The number of nitrogens with zero attached hydrogens (tertiary/aromatic N) is 4. The van der Waals surface area contributed by atoms with Gasteiger partial charge in [-0.3, -0.25) is 0 Å². The Balaban J connectivity index is 2.10. The standard InChI is InChI=1S/C36H42N4O3S/c1-7-11-21-41-34-31(19-15-26-13-16-28(17-14-26)40(9-3)10-4)44-32(35(34)42-22-12-8-2)20-18-30-29(25-39)33(27(23-37)24-38)43-36(30,5)6/h13-20H,7-12,21-22H2,1-6H3/b19-15+,20-18+. The normalized spacial score (nSPS) is 13.9. The number of nitriles is 3. The molecule has 2 heterocycles. The number of hydrogen-bond acceptors (Lipinski definition) is 8. The van der Waals surface area contributed by atoms with Crippen molar-refractivity contribution >= 4 is 35.3 Å². The molecule has 0 N–H and O–H groups in total. The first-order valence-electron chi connectivity index (χ1n) is 15.3. The zero-order chi connectivity index (χ0) is 32.1. The minimum Gasteiger partial charge on any atom is -0.488 e. The average Bonchev–Trinajstić information content (AvgIpc) is 3.48. The molecule has 0 bridgehead atoms. The van der Waals surface area contributed by atoms with E-state index in [9.17, 15) is 15.8 Å². The van der Waals surface area contributed by atoms with Crippen molar-refractivity contribution in [1.82, 2.24) is 0 Å². The summed E-state index contributed by atoms with van der Waals surface area (Å²) in [6.07, 6.45) is 11.7. The third-order valence-corrected chi connectivity index (χ3v) is 8.36. The Bertz CT molecular complexity index is 1520. The second kappa shape index (κ2) is 16.4. The van der Waals surface area contributed by atoms with Crippen LogP contribution in [0.5, 0.6) is 11.5 Å². The number of unbranched alkanes of at least 4 members (excludes halogenated alkanes) is 2. The molecule has 0 amide bonds. The van der Waals surface area contributed by atoms with Crippen molar-refractivity contribution in [3.8, 4) is 29.7 Å². The zero-order valence-corrected chi connectivity index (χ0v) is 27.5. The summed E-state index contributed by atoms with van der Waals surface area (Å²) in [6, 6.07) is 14.4. The summed E-state index contributed by atoms with van der Waals surface area (Å²) in [5.74, 6) is 1.41. The van der Waals surface area contributed by atoms with E-state index in [0.29, 0.717) is 30.3 Å². The summed E-state index contributed by atoms with van der Waals surface area (Å²) >= 11 is 1.55. The van der Waals surface area contributed by atoms with Gasteiger partial charge < -0.3 is 19.1 Å². The molecule has 0 unspecified atom stereocenters. The van der Waals surface area contributed by atoms with Crippen LogP contribution in [0.1, 0.15) is 82.5 Å². The largest absolute Gasteiger partial charge is 0.488 e. The van der Waals surface area contributed by atoms with Crippen LogP contribution < -0.4 is 14.4 Å². The quantitative estimate of drug-likeness (QED) is 0.146. The zero-order valence-electron chi connectivity index (χ0n) is 26.7. The first-order chi connectivity index (χ1) is 21.3. The number of rotatable bonds is 15. The molecule has 0 aliphatic carbocycles. The molecule has 1 aliphatic rings. The lowest BCUT2D eigenvalue weighted by atomic mass is 9.94. The number of thiophene rings is 1. The number of anilines is 1. The Morgan fingerprint density at radius 3 is 1.86 bits per heavy atom. The van der Waals surface area contributed by atoms with Gasteiger partial charge in [-0.25, -0.2) is 0 Å². The van der Waals surface area contributed by atoms with Gasteiger partial charge in [0.15, 0.2) is 22.8 Å². The molecule has 7 nitrogen and oxygen atoms in total. The first kappa shape index (κ1) is 34.0. The summed E-state index contributed by atoms with van der Waals surface area (Å²) in [4.78, 5) is 4.10. The van der Waals surface area contributed by atoms with Crippen LogP contribution in [-0.2, 0) is 4.74 Å². The van der Waals surface area contributed by atoms with Gasteiger partial charge >= 0.3 is 0 Å². The maximum absolute atomic E-state index is 9.97. The molecule has 8 heteroatoms. The van der Waals surface area contributed by atoms with E-state index in [2.05, 4.69) is 75.1 Å². The molecule has 1 aliphatic heterocycles. The van der Waals surface area contributed by atoms with Crippen LogP contribution in [0.4, 0.5) is 5.69 Å². The summed E-state index contributed by atoms with van der Waals surface area (Å²) in [6.45, 7) is 15.2. The molecule has 44 heavy (non-hydrogen) atoms. The fraction of sp³-hybridized carbons (Fsp3) is 0.417. The minimum absolute atomic E-state index is 0.0203. The van der Waals surface area contributed by atoms with Gasteiger partial charge in [-0.1, -0.05) is 51.0 Å². The Hall–Kier alpha value is -4.45. The van der Waals surface area contributed by atoms with E-state index in [0.717, 1.165) is 54.1 Å². The fourth-order valence-corrected chi connectivity index (χ4v) is 5.76. The molecular formula is C36H42N4O3S. The van der Waals surface area contributed by atoms with Crippen LogP contribution >= 0.6 is 11.3 Å². The molecule has 2 aromatic rings. The number of ether oxygens (including phenoxy) is 3. The smallest absolute Gasteiger partial charge is 0.179 e. The van der Waals surface area contributed by atoms with Gasteiger partial charge in [-0.2, -0.15) is 15.8 Å². The van der Waals surface area contributed by atoms with Gasteiger partial charge in [-0.05, 0) is 70.4 Å². The fourth-order valence-electron chi connectivity index (χ4n) is 4.76. The highest BCUT2D eigenvalue weighted by atomic mass is 32.1. The Labute approximate surface area is 266 Å². The van der Waals surface area contributed by atoms with Gasteiger partial charge in [0, 0.05) is 24.4 Å². The molecule has 1 aromatic heterocycles. The summed E-state index contributed by atoms with van der Waals surface area (Å²) in [7, 11) is 0. The van der Waals surface area contributed by atoms with E-state index in [-0.39, 0.29) is 16.9 Å². The van der Waals surface area contributed by atoms with E-state index in [1.165, 1.54) is 5.69 Å². The summed E-state index contributed by atoms with van der Waals surface area (Å²) in [5, 5.41) is 28.8. The van der Waals surface area contributed by atoms with Crippen LogP contribution in [0.25, 0.3) is 18.2 Å². The number of allylic oxidation sites excluding steroid dienone is 2. The van der Waals surface area contributed by atoms with Crippen LogP contribution in [-0.4, -0.2) is 31.9 Å². The second-order valence-corrected chi connectivity index (χ2v) is 11.8. The summed E-state index contributed by atoms with van der Waals surface area (Å²) < 4.78 is 18.6. The highest BCUT2D eigenvalue weighted by molar-refractivity contribution is 7.14. The van der Waals surface area contributed by atoms with Gasteiger partial charge in [0.2, 0.25) is 0 Å². The van der Waals surface area contributed by atoms with Crippen LogP contribution in [0.15, 0.2) is 52.8 Å². The topological polar surface area (TPSA) is 102 Å². The third kappa shape index (κ3) is 8.13. The maximum atomic E-state index is 9.97. The lowest BCUT2D eigenvalue weighted by Crippen LogP contribution is -2.21. The van der Waals surface area contributed by atoms with Gasteiger partial charge in [0.1, 0.15) is 29.4 Å². The number of benzene rings is 1. The molecule has 0 radical (unpaired) electrons. The second-order valence-electron chi connectivity index (χ2n) is 10.8. The van der Waals surface area contributed by atoms with Gasteiger partial charge in [-0.15, -0.1) is 11.3 Å². The highest BCUT2D eigenvalue weighted by Gasteiger charge is 2.38. The van der Waals surface area contributed by atoms with E-state index < -0.39 is 5.60 Å². The van der Waals surface area contributed by atoms with Crippen molar-refractivity contribution < 1.29 is 14.2 Å². The molecule has 0 fully saturated rings. The molecule has 0 atom stereocenters. The third-order valence-electron chi connectivity index (χ3n) is 7.28. The predicted octanol–water partition coefficient (Wildman–Crippen LogP) is 9.07. The molecule has 0 saturated carbocycles. The van der Waals surface area contributed by atoms with E-state index in [1.807, 2.05) is 38.1 Å². The first-order valence-corrected chi connectivity index (χ1v) is 16.1. The van der Waals surface area contributed by atoms with Crippen molar-refractivity contribution in [2.24, 2.45) is 0 Å². The number of hydrogen-bond donors (Lipinski definition) is 0. The predicted molar refractivity (Wildman–Crippen MR) is 179 cm³/mol. The van der Waals surface area contributed by atoms with Gasteiger partial charge in [0.05, 0.1) is 23.0 Å². The Morgan fingerprint density at radius 1 is 0.841 bits per heavy atom. The Kier molecular flexibility index (Phi) is 12.7. The van der Waals surface area contributed by atoms with Crippen molar-refractivity contribution in [1.29, 1.82) is 15.8 Å². The molecule has 230 valence electrons. The molecular weight excluding hydrogens is 568 g/mol. The molecule has 0 saturated heterocycles. The lowest BCUT2D eigenvalue weighted by molar-refractivity contribution is 0.0954. The van der Waals surface area contributed by atoms with Crippen molar-refractivity contribution in [3.63, 3.8) is 0 Å². The van der Waals surface area contributed by atoms with Crippen LogP contribution in [0.3, 0.4) is 0 Å². The van der Waals surface area contributed by atoms with Crippen molar-refractivity contribution in [3.05, 3.63) is 68.1 Å². The van der Waals surface area contributed by atoms with E-state index >= 15 is 0 Å². The molecule has 3 rings (SSSR count). The summed E-state index contributed by atoms with van der Waals surface area (Å²) in [5.41, 5.74) is 1.92. The van der Waals surface area contributed by atoms with E-state index in [1.54, 1.807) is 11.3 Å². The maximum Gasteiger partial charge on any atom is 0.179 e. The SMILES string of the molecule is CCCCOc1c(/C=C/C2=C(C#N)C(=C(C#N)C#N)OC2(C)C)sc(/C=C/c2ccc(N(CC)CC)cc2)c1OCCCC. The monoisotopic (exact) mass is 610 g/mol. The van der Waals surface area contributed by atoms with E-state index in [4.69, 9.17) is 14.2 Å². The molecule has 1 aromatic carbocycles. The minimum atomic E-state index is -0.906. The van der Waals surface area contributed by atoms with Crippen molar-refractivity contribution in [2.45, 2.75) is 72.8 Å².